The number of rotatable bonds is 2. The lowest BCUT2D eigenvalue weighted by atomic mass is 10.3. The fourth-order valence-electron chi connectivity index (χ4n) is 1.76. The minimum Gasteiger partial charge on any atom is -0.233 e. The predicted octanol–water partition coefficient (Wildman–Crippen LogP) is -0.186. The Bertz CT molecular complexity index is 387. The van der Waals surface area contributed by atoms with Gasteiger partial charge in [-0.2, -0.15) is 5.21 Å². The van der Waals surface area contributed by atoms with Crippen LogP contribution in [0.5, 0.6) is 0 Å². The Balaban J connectivity index is 2.33. The molecule has 8 heteroatoms. The van der Waals surface area contributed by atoms with Gasteiger partial charge in [-0.25, -0.2) is 14.8 Å². The number of aromatic amines is 1. The van der Waals surface area contributed by atoms with E-state index in [-0.39, 0.29) is 11.7 Å². The monoisotopic (exact) mass is 198 g/mol. The highest BCUT2D eigenvalue weighted by molar-refractivity contribution is 4.71. The first-order valence-corrected chi connectivity index (χ1v) is 4.46. The molecule has 0 aromatic carbocycles. The van der Waals surface area contributed by atoms with Crippen LogP contribution in [0.4, 0.5) is 0 Å². The van der Waals surface area contributed by atoms with E-state index in [1.807, 2.05) is 0 Å². The van der Waals surface area contributed by atoms with Gasteiger partial charge in [-0.05, 0) is 18.1 Å². The van der Waals surface area contributed by atoms with Crippen molar-refractivity contribution >= 4 is 0 Å². The minimum atomic E-state index is -0.761. The van der Waals surface area contributed by atoms with Crippen LogP contribution in [-0.2, 0) is 0 Å². The summed E-state index contributed by atoms with van der Waals surface area (Å²) < 4.78 is 1.57. The molecule has 1 fully saturated rings. The number of hydrogen-bond acceptors (Lipinski definition) is 4. The van der Waals surface area contributed by atoms with Crippen molar-refractivity contribution in [1.29, 1.82) is 0 Å². The average Bonchev–Trinajstić information content (AvgIpc) is 2.70. The van der Waals surface area contributed by atoms with E-state index in [0.717, 1.165) is 25.7 Å². The molecule has 0 unspecified atom stereocenters. The molecule has 1 saturated carbocycles. The van der Waals surface area contributed by atoms with Gasteiger partial charge in [0.2, 0.25) is 0 Å². The first-order chi connectivity index (χ1) is 6.77. The summed E-state index contributed by atoms with van der Waals surface area (Å²) in [6.07, 6.45) is 4.26. The van der Waals surface area contributed by atoms with Gasteiger partial charge in [0.05, 0.1) is 6.04 Å². The Kier molecular flexibility index (Phi) is 2.25. The molecule has 14 heavy (non-hydrogen) atoms. The molecule has 0 atom stereocenters. The molecule has 0 radical (unpaired) electrons. The molecule has 2 rings (SSSR count). The van der Waals surface area contributed by atoms with Gasteiger partial charge >= 0.3 is 5.62 Å². The van der Waals surface area contributed by atoms with E-state index >= 15 is 0 Å². The van der Waals surface area contributed by atoms with Crippen molar-refractivity contribution in [3.05, 3.63) is 15.7 Å². The first-order valence-electron chi connectivity index (χ1n) is 4.46. The summed E-state index contributed by atoms with van der Waals surface area (Å²) in [5.41, 5.74) is 0.0434. The van der Waals surface area contributed by atoms with Crippen LogP contribution in [0.2, 0.25) is 0 Å². The van der Waals surface area contributed by atoms with Gasteiger partial charge in [0.1, 0.15) is 5.10 Å². The Hall–Kier alpha value is -1.73. The number of nitrogens with zero attached hydrogens (tertiary/aromatic N) is 5. The molecule has 1 N–H and O–H groups in total. The van der Waals surface area contributed by atoms with Gasteiger partial charge < -0.3 is 0 Å². The van der Waals surface area contributed by atoms with Crippen molar-refractivity contribution in [2.75, 3.05) is 0 Å². The van der Waals surface area contributed by atoms with Gasteiger partial charge in [0.15, 0.2) is 5.03 Å². The second kappa shape index (κ2) is 3.56. The Morgan fingerprint density at radius 1 is 1.57 bits per heavy atom. The van der Waals surface area contributed by atoms with Crippen LogP contribution < -0.4 is 5.62 Å². The summed E-state index contributed by atoms with van der Waals surface area (Å²) in [6, 6.07) is 0.226. The smallest absolute Gasteiger partial charge is 0.233 e. The van der Waals surface area contributed by atoms with Crippen molar-refractivity contribution in [2.24, 2.45) is 5.10 Å². The lowest BCUT2D eigenvalue weighted by molar-refractivity contribution is -0.491. The maximum Gasteiger partial charge on any atom is 0.337 e. The summed E-state index contributed by atoms with van der Waals surface area (Å²) in [6.45, 7) is 0. The zero-order valence-electron chi connectivity index (χ0n) is 7.46. The third-order valence-electron chi connectivity index (χ3n) is 2.37. The average molecular weight is 198 g/mol. The molecule has 1 heterocycles. The maximum atomic E-state index is 10.2. The van der Waals surface area contributed by atoms with Crippen LogP contribution in [-0.4, -0.2) is 25.2 Å². The van der Waals surface area contributed by atoms with Crippen LogP contribution in [0, 0.1) is 10.1 Å². The summed E-state index contributed by atoms with van der Waals surface area (Å²) >= 11 is 0. The van der Waals surface area contributed by atoms with Crippen LogP contribution in [0.3, 0.4) is 0 Å². The molecule has 1 aliphatic carbocycles. The Labute approximate surface area is 78.8 Å². The molecule has 0 aliphatic heterocycles. The standard InChI is InChI=1S/C6H10N6O2/c13-12(14)8-6-7-9-10-11(6)5-3-1-2-4-5/h5H,1-4H2,(H,7,8,10). The van der Waals surface area contributed by atoms with E-state index in [9.17, 15) is 10.1 Å². The lowest BCUT2D eigenvalue weighted by Gasteiger charge is -2.06. The van der Waals surface area contributed by atoms with Crippen molar-refractivity contribution in [3.8, 4) is 0 Å². The van der Waals surface area contributed by atoms with Crippen molar-refractivity contribution < 1.29 is 5.03 Å². The molecule has 1 aliphatic rings. The number of tetrazole rings is 1. The molecule has 8 nitrogen and oxygen atoms in total. The predicted molar refractivity (Wildman–Crippen MR) is 44.4 cm³/mol. The van der Waals surface area contributed by atoms with Crippen LogP contribution in [0.25, 0.3) is 0 Å². The number of H-pyrrole nitrogens is 1. The number of hydrogen-bond donors (Lipinski definition) is 1. The zero-order chi connectivity index (χ0) is 9.97. The zero-order valence-corrected chi connectivity index (χ0v) is 7.46. The van der Waals surface area contributed by atoms with Crippen LogP contribution in [0.15, 0.2) is 5.10 Å². The van der Waals surface area contributed by atoms with Gasteiger partial charge in [-0.3, -0.25) is 0 Å². The van der Waals surface area contributed by atoms with Gasteiger partial charge in [-0.1, -0.05) is 17.9 Å². The highest BCUT2D eigenvalue weighted by Crippen LogP contribution is 2.26. The maximum absolute atomic E-state index is 10.2. The van der Waals surface area contributed by atoms with E-state index < -0.39 is 5.03 Å². The van der Waals surface area contributed by atoms with Crippen molar-refractivity contribution in [1.82, 2.24) is 20.2 Å². The van der Waals surface area contributed by atoms with E-state index in [2.05, 4.69) is 20.6 Å². The lowest BCUT2D eigenvalue weighted by Crippen LogP contribution is -2.24. The fraction of sp³-hybridized carbons (Fsp3) is 0.833. The van der Waals surface area contributed by atoms with E-state index in [1.54, 1.807) is 4.68 Å². The number of aromatic nitrogens is 4. The number of nitrogens with one attached hydrogen (secondary N) is 1. The normalized spacial score (nSPS) is 19.0. The summed E-state index contributed by atoms with van der Waals surface area (Å²) in [5.74, 6) is 0. The third kappa shape index (κ3) is 1.63. The molecule has 0 spiro atoms. The van der Waals surface area contributed by atoms with E-state index in [0.29, 0.717) is 0 Å². The molecule has 76 valence electrons. The van der Waals surface area contributed by atoms with Gasteiger partial charge in [0, 0.05) is 0 Å². The fourth-order valence-corrected chi connectivity index (χ4v) is 1.76. The van der Waals surface area contributed by atoms with E-state index in [1.165, 1.54) is 0 Å². The number of nitro groups is 1. The van der Waals surface area contributed by atoms with Crippen LogP contribution >= 0.6 is 0 Å². The highest BCUT2D eigenvalue weighted by atomic mass is 16.7. The molecule has 0 amide bonds. The SMILES string of the molecule is O=[N+]([O-])/N=c1\nn[nH]n1C1CCCC1. The summed E-state index contributed by atoms with van der Waals surface area (Å²) in [4.78, 5) is 10.2. The van der Waals surface area contributed by atoms with Crippen molar-refractivity contribution in [2.45, 2.75) is 31.7 Å². The molecule has 1 aromatic rings. The van der Waals surface area contributed by atoms with Crippen molar-refractivity contribution in [3.63, 3.8) is 0 Å². The highest BCUT2D eigenvalue weighted by Gasteiger charge is 2.19. The van der Waals surface area contributed by atoms with E-state index in [4.69, 9.17) is 0 Å². The molecular formula is C6H10N6O2. The molecule has 0 bridgehead atoms. The quantitative estimate of drug-likeness (QED) is 0.525. The molecule has 1 aromatic heterocycles. The third-order valence-corrected chi connectivity index (χ3v) is 2.37. The summed E-state index contributed by atoms with van der Waals surface area (Å²) in [7, 11) is 0. The molecular weight excluding hydrogens is 188 g/mol. The Morgan fingerprint density at radius 3 is 2.93 bits per heavy atom. The Morgan fingerprint density at radius 2 is 2.29 bits per heavy atom. The molecule has 0 saturated heterocycles. The second-order valence-electron chi connectivity index (χ2n) is 3.25. The second-order valence-corrected chi connectivity index (χ2v) is 3.25. The van der Waals surface area contributed by atoms with Gasteiger partial charge in [0.25, 0.3) is 0 Å². The topological polar surface area (TPSA) is 102 Å². The summed E-state index contributed by atoms with van der Waals surface area (Å²) in [5, 5.41) is 22.2. The van der Waals surface area contributed by atoms with Crippen LogP contribution in [0.1, 0.15) is 31.7 Å². The first kappa shape index (κ1) is 8.85. The van der Waals surface area contributed by atoms with Gasteiger partial charge in [-0.15, -0.1) is 0 Å². The largest absolute Gasteiger partial charge is 0.337 e. The minimum absolute atomic E-state index is 0.0434.